The monoisotopic (exact) mass is 300 g/mol. The molecule has 0 N–H and O–H groups in total. The fourth-order valence-corrected chi connectivity index (χ4v) is 2.11. The summed E-state index contributed by atoms with van der Waals surface area (Å²) in [6.07, 6.45) is 0. The fraction of sp³-hybridized carbons (Fsp3) is 0.500. The van der Waals surface area contributed by atoms with E-state index >= 15 is 0 Å². The van der Waals surface area contributed by atoms with E-state index in [0.717, 1.165) is 11.0 Å². The summed E-state index contributed by atoms with van der Waals surface area (Å²) in [5.74, 6) is 0. The Morgan fingerprint density at radius 1 is 1.41 bits per heavy atom. The minimum absolute atomic E-state index is 0.0929. The lowest BCUT2D eigenvalue weighted by molar-refractivity contribution is -0.384. The first-order valence-electron chi connectivity index (χ1n) is 5.36. The maximum atomic E-state index is 11.0. The molecule has 1 aromatic rings. The SMILES string of the molecule is CN(CC(C)(C)C)c1ccc(Br)cc1[N+](=O)[O-]. The summed E-state index contributed by atoms with van der Waals surface area (Å²) in [7, 11) is 1.88. The van der Waals surface area contributed by atoms with Gasteiger partial charge in [-0.2, -0.15) is 0 Å². The van der Waals surface area contributed by atoms with Crippen LogP contribution in [0, 0.1) is 15.5 Å². The molecule has 4 nitrogen and oxygen atoms in total. The summed E-state index contributed by atoms with van der Waals surface area (Å²) in [5.41, 5.74) is 0.870. The number of benzene rings is 1. The van der Waals surface area contributed by atoms with Crippen molar-refractivity contribution in [2.75, 3.05) is 18.5 Å². The van der Waals surface area contributed by atoms with Crippen LogP contribution in [-0.2, 0) is 0 Å². The molecule has 0 atom stereocenters. The zero-order valence-electron chi connectivity index (χ0n) is 10.5. The Bertz CT molecular complexity index is 427. The average Bonchev–Trinajstić information content (AvgIpc) is 2.14. The third-order valence-corrected chi connectivity index (χ3v) is 2.75. The molecule has 0 heterocycles. The molecule has 0 aliphatic rings. The summed E-state index contributed by atoms with van der Waals surface area (Å²) in [4.78, 5) is 12.6. The number of nitro groups is 1. The number of nitrogens with zero attached hydrogens (tertiary/aromatic N) is 2. The highest BCUT2D eigenvalue weighted by Crippen LogP contribution is 2.32. The van der Waals surface area contributed by atoms with E-state index in [4.69, 9.17) is 0 Å². The Morgan fingerprint density at radius 2 is 2.00 bits per heavy atom. The van der Waals surface area contributed by atoms with Crippen molar-refractivity contribution >= 4 is 27.3 Å². The maximum absolute atomic E-state index is 11.0. The smallest absolute Gasteiger partial charge is 0.293 e. The molecule has 0 saturated carbocycles. The molecule has 0 amide bonds. The zero-order chi connectivity index (χ0) is 13.2. The summed E-state index contributed by atoms with van der Waals surface area (Å²) >= 11 is 3.25. The van der Waals surface area contributed by atoms with Crippen LogP contribution in [0.1, 0.15) is 20.8 Å². The first kappa shape index (κ1) is 14.0. The molecule has 1 aromatic carbocycles. The van der Waals surface area contributed by atoms with Crippen molar-refractivity contribution in [3.63, 3.8) is 0 Å². The quantitative estimate of drug-likeness (QED) is 0.629. The number of hydrogen-bond acceptors (Lipinski definition) is 3. The highest BCUT2D eigenvalue weighted by molar-refractivity contribution is 9.10. The number of anilines is 1. The summed E-state index contributed by atoms with van der Waals surface area (Å²) in [6.45, 7) is 7.08. The van der Waals surface area contributed by atoms with E-state index in [-0.39, 0.29) is 16.0 Å². The van der Waals surface area contributed by atoms with Gasteiger partial charge in [0, 0.05) is 24.1 Å². The lowest BCUT2D eigenvalue weighted by Gasteiger charge is -2.27. The average molecular weight is 301 g/mol. The lowest BCUT2D eigenvalue weighted by atomic mass is 9.96. The maximum Gasteiger partial charge on any atom is 0.293 e. The molecule has 94 valence electrons. The van der Waals surface area contributed by atoms with Crippen LogP contribution in [0.15, 0.2) is 22.7 Å². The molecule has 17 heavy (non-hydrogen) atoms. The fourth-order valence-electron chi connectivity index (χ4n) is 1.76. The van der Waals surface area contributed by atoms with Crippen LogP contribution in [0.5, 0.6) is 0 Å². The van der Waals surface area contributed by atoms with Crippen LogP contribution in [0.25, 0.3) is 0 Å². The van der Waals surface area contributed by atoms with Gasteiger partial charge in [-0.05, 0) is 17.5 Å². The molecule has 0 aromatic heterocycles. The van der Waals surface area contributed by atoms with E-state index in [9.17, 15) is 10.1 Å². The molecule has 0 spiro atoms. The molecule has 0 aliphatic carbocycles. The molecule has 5 heteroatoms. The second-order valence-corrected chi connectivity index (χ2v) is 6.22. The van der Waals surface area contributed by atoms with Crippen molar-refractivity contribution in [3.05, 3.63) is 32.8 Å². The lowest BCUT2D eigenvalue weighted by Crippen LogP contribution is -2.29. The molecular formula is C12H17BrN2O2. The molecule has 0 bridgehead atoms. The van der Waals surface area contributed by atoms with Gasteiger partial charge in [-0.1, -0.05) is 36.7 Å². The number of hydrogen-bond donors (Lipinski definition) is 0. The number of halogens is 1. The minimum Gasteiger partial charge on any atom is -0.369 e. The third-order valence-electron chi connectivity index (χ3n) is 2.26. The van der Waals surface area contributed by atoms with Crippen molar-refractivity contribution < 1.29 is 4.92 Å². The first-order valence-corrected chi connectivity index (χ1v) is 6.15. The van der Waals surface area contributed by atoms with Gasteiger partial charge in [-0.3, -0.25) is 10.1 Å². The molecule has 0 unspecified atom stereocenters. The summed E-state index contributed by atoms with van der Waals surface area (Å²) < 4.78 is 0.720. The second-order valence-electron chi connectivity index (χ2n) is 5.31. The Hall–Kier alpha value is -1.10. The first-order chi connectivity index (χ1) is 7.70. The normalized spacial score (nSPS) is 11.4. The molecular weight excluding hydrogens is 284 g/mol. The molecule has 1 rings (SSSR count). The summed E-state index contributed by atoms with van der Waals surface area (Å²) in [6, 6.07) is 5.13. The number of nitro benzene ring substituents is 1. The van der Waals surface area contributed by atoms with Crippen LogP contribution < -0.4 is 4.90 Å². The van der Waals surface area contributed by atoms with Crippen LogP contribution >= 0.6 is 15.9 Å². The highest BCUT2D eigenvalue weighted by Gasteiger charge is 2.21. The van der Waals surface area contributed by atoms with E-state index in [0.29, 0.717) is 5.69 Å². The van der Waals surface area contributed by atoms with Gasteiger partial charge in [0.1, 0.15) is 5.69 Å². The predicted octanol–water partition coefficient (Wildman–Crippen LogP) is 3.84. The van der Waals surface area contributed by atoms with Crippen molar-refractivity contribution in [2.45, 2.75) is 20.8 Å². The van der Waals surface area contributed by atoms with Crippen molar-refractivity contribution in [2.24, 2.45) is 5.41 Å². The van der Waals surface area contributed by atoms with Crippen LogP contribution in [-0.4, -0.2) is 18.5 Å². The Labute approximate surface area is 110 Å². The highest BCUT2D eigenvalue weighted by atomic mass is 79.9. The topological polar surface area (TPSA) is 46.4 Å². The van der Waals surface area contributed by atoms with Gasteiger partial charge in [0.05, 0.1) is 4.92 Å². The predicted molar refractivity (Wildman–Crippen MR) is 73.5 cm³/mol. The van der Waals surface area contributed by atoms with Gasteiger partial charge in [0.15, 0.2) is 0 Å². The van der Waals surface area contributed by atoms with Gasteiger partial charge in [-0.25, -0.2) is 0 Å². The van der Waals surface area contributed by atoms with Crippen molar-refractivity contribution in [1.82, 2.24) is 0 Å². The minimum atomic E-state index is -0.348. The van der Waals surface area contributed by atoms with E-state index < -0.39 is 0 Å². The van der Waals surface area contributed by atoms with Gasteiger partial charge in [0.25, 0.3) is 5.69 Å². The summed E-state index contributed by atoms with van der Waals surface area (Å²) in [5, 5.41) is 11.0. The molecule has 0 fully saturated rings. The second kappa shape index (κ2) is 5.04. The largest absolute Gasteiger partial charge is 0.369 e. The van der Waals surface area contributed by atoms with Gasteiger partial charge >= 0.3 is 0 Å². The van der Waals surface area contributed by atoms with Gasteiger partial charge < -0.3 is 4.90 Å². The van der Waals surface area contributed by atoms with Gasteiger partial charge in [-0.15, -0.1) is 0 Å². The zero-order valence-corrected chi connectivity index (χ0v) is 12.1. The Kier molecular flexibility index (Phi) is 4.14. The molecule has 0 saturated heterocycles. The van der Waals surface area contributed by atoms with Crippen LogP contribution in [0.4, 0.5) is 11.4 Å². The van der Waals surface area contributed by atoms with Crippen molar-refractivity contribution in [3.8, 4) is 0 Å². The number of rotatable bonds is 3. The van der Waals surface area contributed by atoms with E-state index in [1.165, 1.54) is 6.07 Å². The Morgan fingerprint density at radius 3 is 2.47 bits per heavy atom. The van der Waals surface area contributed by atoms with Crippen LogP contribution in [0.3, 0.4) is 0 Å². The van der Waals surface area contributed by atoms with Gasteiger partial charge in [0.2, 0.25) is 0 Å². The molecule has 0 aliphatic heterocycles. The van der Waals surface area contributed by atoms with Crippen molar-refractivity contribution in [1.29, 1.82) is 0 Å². The Balaban J connectivity index is 3.09. The van der Waals surface area contributed by atoms with E-state index in [1.54, 1.807) is 6.07 Å². The van der Waals surface area contributed by atoms with E-state index in [1.807, 2.05) is 18.0 Å². The van der Waals surface area contributed by atoms with Crippen LogP contribution in [0.2, 0.25) is 0 Å². The standard InChI is InChI=1S/C12H17BrN2O2/c1-12(2,3)8-14(4)10-6-5-9(13)7-11(10)15(16)17/h5-7H,8H2,1-4H3. The third kappa shape index (κ3) is 4.00. The van der Waals surface area contributed by atoms with E-state index in [2.05, 4.69) is 36.7 Å². The molecule has 0 radical (unpaired) electrons.